The van der Waals surface area contributed by atoms with Crippen molar-refractivity contribution in [2.75, 3.05) is 44.3 Å². The number of aromatic nitrogens is 3. The van der Waals surface area contributed by atoms with Crippen LogP contribution in [0.2, 0.25) is 0 Å². The van der Waals surface area contributed by atoms with E-state index >= 15 is 0 Å². The van der Waals surface area contributed by atoms with Gasteiger partial charge in [-0.15, -0.1) is 0 Å². The molecule has 0 amide bonds. The standard InChI is InChI=1S/C12H19N5O2/c18-11-7-19-6-10(11)16-2-1-3-17(5-4-16)12-14-8-13-9-15-12/h8-11,18H,1-7H2/t10-,11-/m1/s1. The van der Waals surface area contributed by atoms with E-state index in [-0.39, 0.29) is 12.1 Å². The van der Waals surface area contributed by atoms with E-state index in [1.54, 1.807) is 0 Å². The SMILES string of the molecule is O[C@@H]1COC[C@H]1N1CCCN(c2ncncn2)CC1. The largest absolute Gasteiger partial charge is 0.389 e. The maximum atomic E-state index is 9.90. The second-order valence-electron chi connectivity index (χ2n) is 4.99. The van der Waals surface area contributed by atoms with Crippen molar-refractivity contribution in [2.45, 2.75) is 18.6 Å². The molecular weight excluding hydrogens is 246 g/mol. The van der Waals surface area contributed by atoms with Gasteiger partial charge < -0.3 is 14.7 Å². The van der Waals surface area contributed by atoms with Gasteiger partial charge in [-0.05, 0) is 6.42 Å². The van der Waals surface area contributed by atoms with Crippen LogP contribution in [-0.2, 0) is 4.74 Å². The Kier molecular flexibility index (Phi) is 3.86. The van der Waals surface area contributed by atoms with Crippen LogP contribution in [0.3, 0.4) is 0 Å². The third-order valence-electron chi connectivity index (χ3n) is 3.78. The first kappa shape index (κ1) is 12.7. The molecule has 3 rings (SSSR count). The van der Waals surface area contributed by atoms with E-state index in [9.17, 15) is 5.11 Å². The number of hydrogen-bond acceptors (Lipinski definition) is 7. The second kappa shape index (κ2) is 5.77. The number of hydrogen-bond donors (Lipinski definition) is 1. The summed E-state index contributed by atoms with van der Waals surface area (Å²) in [5.41, 5.74) is 0. The normalized spacial score (nSPS) is 29.4. The predicted molar refractivity (Wildman–Crippen MR) is 68.8 cm³/mol. The summed E-state index contributed by atoms with van der Waals surface area (Å²) in [6.07, 6.45) is 3.73. The Bertz CT molecular complexity index is 404. The fourth-order valence-electron chi connectivity index (χ4n) is 2.75. The molecule has 104 valence electrons. The highest BCUT2D eigenvalue weighted by Gasteiger charge is 2.32. The molecule has 0 unspecified atom stereocenters. The molecule has 1 N–H and O–H groups in total. The molecule has 7 heteroatoms. The minimum Gasteiger partial charge on any atom is -0.389 e. The Balaban J connectivity index is 1.63. The van der Waals surface area contributed by atoms with Crippen molar-refractivity contribution < 1.29 is 9.84 Å². The zero-order valence-corrected chi connectivity index (χ0v) is 10.9. The summed E-state index contributed by atoms with van der Waals surface area (Å²) in [6.45, 7) is 4.77. The Morgan fingerprint density at radius 1 is 1.11 bits per heavy atom. The lowest BCUT2D eigenvalue weighted by molar-refractivity contribution is 0.0859. The van der Waals surface area contributed by atoms with Crippen molar-refractivity contribution in [1.82, 2.24) is 19.9 Å². The summed E-state index contributed by atoms with van der Waals surface area (Å²) >= 11 is 0. The zero-order chi connectivity index (χ0) is 13.1. The van der Waals surface area contributed by atoms with Crippen molar-refractivity contribution in [3.05, 3.63) is 12.7 Å². The van der Waals surface area contributed by atoms with Crippen LogP contribution in [0.1, 0.15) is 6.42 Å². The lowest BCUT2D eigenvalue weighted by atomic mass is 10.2. The number of aliphatic hydroxyl groups is 1. The Morgan fingerprint density at radius 3 is 2.68 bits per heavy atom. The average Bonchev–Trinajstić information content (AvgIpc) is 2.74. The van der Waals surface area contributed by atoms with E-state index in [2.05, 4.69) is 24.8 Å². The number of nitrogens with zero attached hydrogens (tertiary/aromatic N) is 5. The van der Waals surface area contributed by atoms with Gasteiger partial charge >= 0.3 is 0 Å². The van der Waals surface area contributed by atoms with Gasteiger partial charge in [-0.1, -0.05) is 0 Å². The smallest absolute Gasteiger partial charge is 0.228 e. The van der Waals surface area contributed by atoms with Crippen LogP contribution in [0.5, 0.6) is 0 Å². The Morgan fingerprint density at radius 2 is 1.95 bits per heavy atom. The summed E-state index contributed by atoms with van der Waals surface area (Å²) in [5.74, 6) is 0.736. The highest BCUT2D eigenvalue weighted by Crippen LogP contribution is 2.17. The molecule has 19 heavy (non-hydrogen) atoms. The number of aliphatic hydroxyl groups excluding tert-OH is 1. The van der Waals surface area contributed by atoms with Crippen molar-refractivity contribution in [3.8, 4) is 0 Å². The minimum atomic E-state index is -0.358. The maximum Gasteiger partial charge on any atom is 0.228 e. The summed E-state index contributed by atoms with van der Waals surface area (Å²) < 4.78 is 5.34. The minimum absolute atomic E-state index is 0.137. The van der Waals surface area contributed by atoms with Gasteiger partial charge in [0.25, 0.3) is 0 Å². The van der Waals surface area contributed by atoms with Gasteiger partial charge in [0, 0.05) is 26.2 Å². The van der Waals surface area contributed by atoms with Crippen LogP contribution in [0.15, 0.2) is 12.7 Å². The maximum absolute atomic E-state index is 9.90. The molecule has 2 atom stereocenters. The fourth-order valence-corrected chi connectivity index (χ4v) is 2.75. The molecule has 3 heterocycles. The molecule has 0 aromatic carbocycles. The first-order valence-electron chi connectivity index (χ1n) is 6.71. The van der Waals surface area contributed by atoms with Crippen molar-refractivity contribution in [2.24, 2.45) is 0 Å². The highest BCUT2D eigenvalue weighted by molar-refractivity contribution is 5.27. The molecule has 2 aliphatic heterocycles. The lowest BCUT2D eigenvalue weighted by Gasteiger charge is -2.28. The molecule has 2 saturated heterocycles. The fraction of sp³-hybridized carbons (Fsp3) is 0.750. The zero-order valence-electron chi connectivity index (χ0n) is 10.9. The first-order valence-corrected chi connectivity index (χ1v) is 6.71. The molecule has 1 aromatic rings. The highest BCUT2D eigenvalue weighted by atomic mass is 16.5. The van der Waals surface area contributed by atoms with Gasteiger partial charge in [0.15, 0.2) is 0 Å². The average molecular weight is 265 g/mol. The first-order chi connectivity index (χ1) is 9.34. The van der Waals surface area contributed by atoms with Gasteiger partial charge in [-0.3, -0.25) is 4.90 Å². The number of ether oxygens (including phenoxy) is 1. The van der Waals surface area contributed by atoms with Gasteiger partial charge in [-0.25, -0.2) is 15.0 Å². The van der Waals surface area contributed by atoms with Crippen molar-refractivity contribution in [3.63, 3.8) is 0 Å². The van der Waals surface area contributed by atoms with E-state index < -0.39 is 0 Å². The molecular formula is C12H19N5O2. The molecule has 0 aliphatic carbocycles. The molecule has 0 bridgehead atoms. The van der Waals surface area contributed by atoms with E-state index in [1.807, 2.05) is 0 Å². The quantitative estimate of drug-likeness (QED) is 0.746. The predicted octanol–water partition coefficient (Wildman–Crippen LogP) is -0.857. The third-order valence-corrected chi connectivity index (χ3v) is 3.78. The van der Waals surface area contributed by atoms with E-state index in [4.69, 9.17) is 4.74 Å². The van der Waals surface area contributed by atoms with E-state index in [1.165, 1.54) is 12.7 Å². The van der Waals surface area contributed by atoms with Gasteiger partial charge in [-0.2, -0.15) is 0 Å². The molecule has 1 aromatic heterocycles. The van der Waals surface area contributed by atoms with Crippen LogP contribution >= 0.6 is 0 Å². The molecule has 2 fully saturated rings. The van der Waals surface area contributed by atoms with Crippen molar-refractivity contribution in [1.29, 1.82) is 0 Å². The second-order valence-corrected chi connectivity index (χ2v) is 4.99. The molecule has 0 saturated carbocycles. The lowest BCUT2D eigenvalue weighted by Crippen LogP contribution is -2.44. The molecule has 7 nitrogen and oxygen atoms in total. The monoisotopic (exact) mass is 265 g/mol. The Hall–Kier alpha value is -1.31. The van der Waals surface area contributed by atoms with Crippen LogP contribution in [0.4, 0.5) is 5.95 Å². The van der Waals surface area contributed by atoms with Crippen LogP contribution in [-0.4, -0.2) is 76.5 Å². The van der Waals surface area contributed by atoms with Gasteiger partial charge in [0.05, 0.1) is 25.4 Å². The van der Waals surface area contributed by atoms with Crippen LogP contribution in [0.25, 0.3) is 0 Å². The molecule has 0 spiro atoms. The summed E-state index contributed by atoms with van der Waals surface area (Å²) in [6, 6.07) is 0.137. The van der Waals surface area contributed by atoms with Crippen LogP contribution in [0, 0.1) is 0 Å². The van der Waals surface area contributed by atoms with E-state index in [0.717, 1.165) is 38.5 Å². The van der Waals surface area contributed by atoms with Crippen LogP contribution < -0.4 is 4.90 Å². The third kappa shape index (κ3) is 2.83. The molecule has 0 radical (unpaired) electrons. The Labute approximate surface area is 112 Å². The topological polar surface area (TPSA) is 74.6 Å². The number of rotatable bonds is 2. The summed E-state index contributed by atoms with van der Waals surface area (Å²) in [4.78, 5) is 16.7. The van der Waals surface area contributed by atoms with E-state index in [0.29, 0.717) is 13.2 Å². The van der Waals surface area contributed by atoms with Crippen molar-refractivity contribution >= 4 is 5.95 Å². The summed E-state index contributed by atoms with van der Waals surface area (Å²) in [5, 5.41) is 9.90. The summed E-state index contributed by atoms with van der Waals surface area (Å²) in [7, 11) is 0. The van der Waals surface area contributed by atoms with Gasteiger partial charge in [0.2, 0.25) is 5.95 Å². The molecule has 2 aliphatic rings. The van der Waals surface area contributed by atoms with Gasteiger partial charge in [0.1, 0.15) is 12.7 Å². The number of anilines is 1.